The molecule has 180 valence electrons. The normalized spacial score (nSPS) is 25.6. The van der Waals surface area contributed by atoms with E-state index in [0.29, 0.717) is 24.1 Å². The second kappa shape index (κ2) is 11.6. The van der Waals surface area contributed by atoms with Crippen LogP contribution in [0.3, 0.4) is 0 Å². The standard InChI is InChI=1S/C31H42F2/c1-3-5-7-9-10-22-12-13-24-19-25(15-14-23(24)18-22)26-16-17-28-27(20-26)21-30(32)29(31(28)33)11-8-6-4-2/h4,6,16-17,20-25H,3,5,7-15,18-19H2,1-2H3/b6-4+. The molecule has 0 aromatic heterocycles. The van der Waals surface area contributed by atoms with E-state index >= 15 is 4.39 Å². The molecule has 2 aliphatic carbocycles. The highest BCUT2D eigenvalue weighted by atomic mass is 19.1. The number of benzene rings is 2. The van der Waals surface area contributed by atoms with E-state index < -0.39 is 5.82 Å². The highest BCUT2D eigenvalue weighted by Crippen LogP contribution is 2.48. The van der Waals surface area contributed by atoms with Crippen LogP contribution in [0.1, 0.15) is 108 Å². The Morgan fingerprint density at radius 1 is 0.939 bits per heavy atom. The minimum atomic E-state index is -0.400. The summed E-state index contributed by atoms with van der Waals surface area (Å²) < 4.78 is 29.8. The van der Waals surface area contributed by atoms with Gasteiger partial charge in [0.05, 0.1) is 0 Å². The molecule has 33 heavy (non-hydrogen) atoms. The van der Waals surface area contributed by atoms with Gasteiger partial charge in [-0.3, -0.25) is 0 Å². The van der Waals surface area contributed by atoms with Crippen molar-refractivity contribution in [3.63, 3.8) is 0 Å². The van der Waals surface area contributed by atoms with Gasteiger partial charge in [-0.1, -0.05) is 75.8 Å². The topological polar surface area (TPSA) is 0 Å². The minimum absolute atomic E-state index is 0.223. The third-order valence-corrected chi connectivity index (χ3v) is 8.60. The third kappa shape index (κ3) is 5.87. The lowest BCUT2D eigenvalue weighted by Crippen LogP contribution is -2.30. The summed E-state index contributed by atoms with van der Waals surface area (Å²) in [6.07, 6.45) is 20.0. The summed E-state index contributed by atoms with van der Waals surface area (Å²) >= 11 is 0. The first kappa shape index (κ1) is 24.4. The van der Waals surface area contributed by atoms with Gasteiger partial charge < -0.3 is 0 Å². The van der Waals surface area contributed by atoms with E-state index in [1.54, 1.807) is 6.07 Å². The quantitative estimate of drug-likeness (QED) is 0.262. The number of hydrogen-bond donors (Lipinski definition) is 0. The molecule has 4 atom stereocenters. The average molecular weight is 453 g/mol. The van der Waals surface area contributed by atoms with E-state index in [0.717, 1.165) is 23.1 Å². The lowest BCUT2D eigenvalue weighted by molar-refractivity contribution is 0.113. The van der Waals surface area contributed by atoms with Crippen LogP contribution >= 0.6 is 0 Å². The van der Waals surface area contributed by atoms with Crippen LogP contribution in [-0.2, 0) is 6.42 Å². The van der Waals surface area contributed by atoms with Crippen molar-refractivity contribution in [1.29, 1.82) is 0 Å². The number of hydrogen-bond acceptors (Lipinski definition) is 0. The summed E-state index contributed by atoms with van der Waals surface area (Å²) in [6, 6.07) is 7.64. The SMILES string of the molecule is C/C=C/CCc1c(F)cc2cc(C3CCC4CC(CCCCCC)CCC4C3)ccc2c1F. The van der Waals surface area contributed by atoms with Crippen LogP contribution in [0.2, 0.25) is 0 Å². The van der Waals surface area contributed by atoms with Crippen molar-refractivity contribution >= 4 is 10.8 Å². The molecule has 2 heteroatoms. The molecule has 0 aliphatic heterocycles. The van der Waals surface area contributed by atoms with Crippen molar-refractivity contribution in [1.82, 2.24) is 0 Å². The summed E-state index contributed by atoms with van der Waals surface area (Å²) in [4.78, 5) is 0. The second-order valence-corrected chi connectivity index (χ2v) is 10.8. The predicted octanol–water partition coefficient (Wildman–Crippen LogP) is 9.90. The second-order valence-electron chi connectivity index (χ2n) is 10.8. The fraction of sp³-hybridized carbons (Fsp3) is 0.613. The molecule has 2 aromatic rings. The number of allylic oxidation sites excluding steroid dienone is 2. The number of halogens is 2. The maximum Gasteiger partial charge on any atom is 0.137 e. The molecule has 2 aromatic carbocycles. The monoisotopic (exact) mass is 452 g/mol. The van der Waals surface area contributed by atoms with E-state index in [9.17, 15) is 4.39 Å². The highest BCUT2D eigenvalue weighted by molar-refractivity contribution is 5.85. The molecule has 0 bridgehead atoms. The van der Waals surface area contributed by atoms with Crippen molar-refractivity contribution in [3.8, 4) is 0 Å². The number of rotatable bonds is 9. The summed E-state index contributed by atoms with van der Waals surface area (Å²) in [7, 11) is 0. The number of unbranched alkanes of at least 4 members (excludes halogenated alkanes) is 3. The molecule has 0 amide bonds. The van der Waals surface area contributed by atoms with Gasteiger partial charge in [-0.05, 0) is 92.6 Å². The average Bonchev–Trinajstić information content (AvgIpc) is 2.83. The molecule has 4 unspecified atom stereocenters. The van der Waals surface area contributed by atoms with Crippen LogP contribution in [0.15, 0.2) is 36.4 Å². The first-order valence-electron chi connectivity index (χ1n) is 13.6. The molecule has 2 aliphatic rings. The van der Waals surface area contributed by atoms with Crippen LogP contribution in [0, 0.1) is 29.4 Å². The molecule has 0 N–H and O–H groups in total. The molecule has 4 rings (SSSR count). The molecule has 2 saturated carbocycles. The predicted molar refractivity (Wildman–Crippen MR) is 137 cm³/mol. The Morgan fingerprint density at radius 2 is 1.76 bits per heavy atom. The minimum Gasteiger partial charge on any atom is -0.207 e. The Bertz CT molecular complexity index is 944. The first-order chi connectivity index (χ1) is 16.1. The van der Waals surface area contributed by atoms with Crippen molar-refractivity contribution in [2.24, 2.45) is 17.8 Å². The number of fused-ring (bicyclic) bond motifs is 2. The first-order valence-corrected chi connectivity index (χ1v) is 13.6. The smallest absolute Gasteiger partial charge is 0.137 e. The van der Waals surface area contributed by atoms with Gasteiger partial charge in [0.15, 0.2) is 0 Å². The summed E-state index contributed by atoms with van der Waals surface area (Å²) in [5, 5.41) is 1.28. The molecular formula is C31H42F2. The fourth-order valence-corrected chi connectivity index (χ4v) is 6.68. The fourth-order valence-electron chi connectivity index (χ4n) is 6.68. The lowest BCUT2D eigenvalue weighted by Gasteiger charge is -2.42. The highest BCUT2D eigenvalue weighted by Gasteiger charge is 2.35. The maximum atomic E-state index is 15.1. The van der Waals surface area contributed by atoms with Crippen LogP contribution in [0.5, 0.6) is 0 Å². The van der Waals surface area contributed by atoms with Gasteiger partial charge in [0, 0.05) is 10.9 Å². The van der Waals surface area contributed by atoms with Gasteiger partial charge in [-0.25, -0.2) is 8.78 Å². The summed E-state index contributed by atoms with van der Waals surface area (Å²) in [6.45, 7) is 4.22. The van der Waals surface area contributed by atoms with Gasteiger partial charge in [0.2, 0.25) is 0 Å². The Kier molecular flexibility index (Phi) is 8.61. The van der Waals surface area contributed by atoms with Crippen molar-refractivity contribution in [3.05, 3.63) is 59.2 Å². The van der Waals surface area contributed by atoms with Gasteiger partial charge in [-0.15, -0.1) is 0 Å². The van der Waals surface area contributed by atoms with E-state index in [-0.39, 0.29) is 11.4 Å². The molecule has 2 fully saturated rings. The van der Waals surface area contributed by atoms with Gasteiger partial charge in [0.25, 0.3) is 0 Å². The zero-order valence-corrected chi connectivity index (χ0v) is 20.7. The zero-order chi connectivity index (χ0) is 23.2. The molecule has 0 saturated heterocycles. The Hall–Kier alpha value is -1.70. The zero-order valence-electron chi connectivity index (χ0n) is 20.7. The molecule has 0 radical (unpaired) electrons. The maximum absolute atomic E-state index is 15.1. The van der Waals surface area contributed by atoms with Crippen LogP contribution < -0.4 is 0 Å². The molecular weight excluding hydrogens is 410 g/mol. The third-order valence-electron chi connectivity index (χ3n) is 8.60. The van der Waals surface area contributed by atoms with Gasteiger partial charge in [0.1, 0.15) is 11.6 Å². The summed E-state index contributed by atoms with van der Waals surface area (Å²) in [5.74, 6) is 2.46. The van der Waals surface area contributed by atoms with Crippen molar-refractivity contribution < 1.29 is 8.78 Å². The largest absolute Gasteiger partial charge is 0.207 e. The van der Waals surface area contributed by atoms with E-state index in [4.69, 9.17) is 0 Å². The molecule has 0 nitrogen and oxygen atoms in total. The Labute approximate surface area is 199 Å². The van der Waals surface area contributed by atoms with Crippen molar-refractivity contribution in [2.75, 3.05) is 0 Å². The van der Waals surface area contributed by atoms with Crippen LogP contribution in [-0.4, -0.2) is 0 Å². The van der Waals surface area contributed by atoms with Gasteiger partial charge >= 0.3 is 0 Å². The summed E-state index contributed by atoms with van der Waals surface area (Å²) in [5.41, 5.74) is 1.50. The molecule has 0 heterocycles. The van der Waals surface area contributed by atoms with E-state index in [1.807, 2.05) is 25.1 Å². The lowest BCUT2D eigenvalue weighted by atomic mass is 9.63. The van der Waals surface area contributed by atoms with Gasteiger partial charge in [-0.2, -0.15) is 0 Å². The van der Waals surface area contributed by atoms with E-state index in [1.165, 1.54) is 76.2 Å². The molecule has 0 spiro atoms. The van der Waals surface area contributed by atoms with Crippen LogP contribution in [0.4, 0.5) is 8.78 Å². The van der Waals surface area contributed by atoms with E-state index in [2.05, 4.69) is 19.1 Å². The van der Waals surface area contributed by atoms with Crippen molar-refractivity contribution in [2.45, 2.75) is 103 Å². The Balaban J connectivity index is 1.40. The van der Waals surface area contributed by atoms with Crippen LogP contribution in [0.25, 0.3) is 10.8 Å². The Morgan fingerprint density at radius 3 is 2.58 bits per heavy atom.